The number of pyridine rings is 1. The molecule has 0 radical (unpaired) electrons. The summed E-state index contributed by atoms with van der Waals surface area (Å²) >= 11 is 0. The molecule has 0 spiro atoms. The summed E-state index contributed by atoms with van der Waals surface area (Å²) in [6, 6.07) is 4.00. The van der Waals surface area contributed by atoms with Crippen LogP contribution in [0.15, 0.2) is 24.5 Å². The summed E-state index contributed by atoms with van der Waals surface area (Å²) in [6.45, 7) is 2.74. The number of hydrogen-bond acceptors (Lipinski definition) is 4. The average Bonchev–Trinajstić information content (AvgIpc) is 3.14. The second kappa shape index (κ2) is 5.39. The Labute approximate surface area is 96.2 Å². The first-order valence-corrected chi connectivity index (χ1v) is 5.84. The molecule has 1 aromatic rings. The van der Waals surface area contributed by atoms with Gasteiger partial charge in [-0.1, -0.05) is 6.07 Å². The Kier molecular flexibility index (Phi) is 3.88. The van der Waals surface area contributed by atoms with Crippen molar-refractivity contribution in [3.63, 3.8) is 0 Å². The molecule has 1 aromatic heterocycles. The summed E-state index contributed by atoms with van der Waals surface area (Å²) in [5.41, 5.74) is 3.95. The van der Waals surface area contributed by atoms with Crippen LogP contribution in [0.4, 0.5) is 0 Å². The van der Waals surface area contributed by atoms with Gasteiger partial charge in [0.2, 0.25) is 0 Å². The van der Waals surface area contributed by atoms with Gasteiger partial charge in [0.1, 0.15) is 0 Å². The standard InChI is InChI=1S/C12H19N3O/c1-2-16-12(9-5-6-9)11(15-13)10-4-3-7-14-8-10/h3-4,7-9,11-12,15H,2,5-6,13H2,1H3. The summed E-state index contributed by atoms with van der Waals surface area (Å²) in [5.74, 6) is 6.28. The van der Waals surface area contributed by atoms with Crippen molar-refractivity contribution in [3.8, 4) is 0 Å². The van der Waals surface area contributed by atoms with Crippen LogP contribution in [0, 0.1) is 5.92 Å². The van der Waals surface area contributed by atoms with E-state index in [0.29, 0.717) is 5.92 Å². The Balaban J connectivity index is 2.13. The largest absolute Gasteiger partial charge is 0.376 e. The lowest BCUT2D eigenvalue weighted by molar-refractivity contribution is 0.0184. The molecule has 0 aromatic carbocycles. The van der Waals surface area contributed by atoms with Crippen LogP contribution in [-0.2, 0) is 4.74 Å². The van der Waals surface area contributed by atoms with Crippen molar-refractivity contribution in [2.75, 3.05) is 6.61 Å². The molecule has 1 aliphatic carbocycles. The predicted octanol–water partition coefficient (Wildman–Crippen LogP) is 1.40. The predicted molar refractivity (Wildman–Crippen MR) is 62.4 cm³/mol. The Morgan fingerprint density at radius 3 is 2.94 bits per heavy atom. The number of nitrogens with zero attached hydrogens (tertiary/aromatic N) is 1. The molecule has 1 heterocycles. The third-order valence-electron chi connectivity index (χ3n) is 3.00. The maximum Gasteiger partial charge on any atom is 0.0811 e. The van der Waals surface area contributed by atoms with Gasteiger partial charge in [0.15, 0.2) is 0 Å². The number of ether oxygens (including phenoxy) is 1. The molecular formula is C12H19N3O. The van der Waals surface area contributed by atoms with Gasteiger partial charge in [-0.3, -0.25) is 16.3 Å². The Bertz CT molecular complexity index is 313. The zero-order valence-electron chi connectivity index (χ0n) is 9.60. The molecule has 3 N–H and O–H groups in total. The molecule has 16 heavy (non-hydrogen) atoms. The first-order valence-electron chi connectivity index (χ1n) is 5.84. The van der Waals surface area contributed by atoms with E-state index >= 15 is 0 Å². The highest BCUT2D eigenvalue weighted by molar-refractivity contribution is 5.16. The van der Waals surface area contributed by atoms with E-state index in [9.17, 15) is 0 Å². The SMILES string of the molecule is CCOC(C1CC1)C(NN)c1cccnc1. The fourth-order valence-electron chi connectivity index (χ4n) is 2.06. The maximum absolute atomic E-state index is 5.80. The lowest BCUT2D eigenvalue weighted by Crippen LogP contribution is -2.39. The lowest BCUT2D eigenvalue weighted by atomic mass is 10.0. The van der Waals surface area contributed by atoms with Crippen LogP contribution in [0.25, 0.3) is 0 Å². The Hall–Kier alpha value is -0.970. The smallest absolute Gasteiger partial charge is 0.0811 e. The van der Waals surface area contributed by atoms with Gasteiger partial charge in [-0.25, -0.2) is 0 Å². The van der Waals surface area contributed by atoms with Gasteiger partial charge in [-0.15, -0.1) is 0 Å². The molecule has 88 valence electrons. The molecule has 4 heteroatoms. The van der Waals surface area contributed by atoms with Crippen LogP contribution in [0.1, 0.15) is 31.4 Å². The van der Waals surface area contributed by atoms with Crippen LogP contribution in [0.3, 0.4) is 0 Å². The number of nitrogens with two attached hydrogens (primary N) is 1. The molecule has 0 bridgehead atoms. The van der Waals surface area contributed by atoms with Crippen molar-refractivity contribution < 1.29 is 4.74 Å². The van der Waals surface area contributed by atoms with E-state index in [1.165, 1.54) is 12.8 Å². The number of nitrogens with one attached hydrogen (secondary N) is 1. The molecular weight excluding hydrogens is 202 g/mol. The summed E-state index contributed by atoms with van der Waals surface area (Å²) in [5, 5.41) is 0. The second-order valence-corrected chi connectivity index (χ2v) is 4.19. The average molecular weight is 221 g/mol. The van der Waals surface area contributed by atoms with E-state index in [2.05, 4.69) is 10.4 Å². The van der Waals surface area contributed by atoms with Crippen molar-refractivity contribution in [2.45, 2.75) is 31.9 Å². The van der Waals surface area contributed by atoms with E-state index in [0.717, 1.165) is 12.2 Å². The van der Waals surface area contributed by atoms with Crippen molar-refractivity contribution in [2.24, 2.45) is 11.8 Å². The molecule has 0 saturated heterocycles. The molecule has 1 fully saturated rings. The van der Waals surface area contributed by atoms with E-state index in [-0.39, 0.29) is 12.1 Å². The normalized spacial score (nSPS) is 19.4. The molecule has 2 unspecified atom stereocenters. The molecule has 0 aliphatic heterocycles. The van der Waals surface area contributed by atoms with E-state index in [1.54, 1.807) is 6.20 Å². The van der Waals surface area contributed by atoms with Gasteiger partial charge >= 0.3 is 0 Å². The van der Waals surface area contributed by atoms with E-state index in [1.807, 2.05) is 25.3 Å². The molecule has 1 saturated carbocycles. The summed E-state index contributed by atoms with van der Waals surface area (Å²) in [6.07, 6.45) is 6.26. The van der Waals surface area contributed by atoms with Gasteiger partial charge < -0.3 is 4.74 Å². The van der Waals surface area contributed by atoms with Crippen LogP contribution in [0.5, 0.6) is 0 Å². The zero-order valence-corrected chi connectivity index (χ0v) is 9.60. The third-order valence-corrected chi connectivity index (χ3v) is 3.00. The van der Waals surface area contributed by atoms with Gasteiger partial charge in [0.05, 0.1) is 12.1 Å². The maximum atomic E-state index is 5.80. The molecule has 0 amide bonds. The quantitative estimate of drug-likeness (QED) is 0.563. The fraction of sp³-hybridized carbons (Fsp3) is 0.583. The second-order valence-electron chi connectivity index (χ2n) is 4.19. The zero-order chi connectivity index (χ0) is 11.4. The topological polar surface area (TPSA) is 60.2 Å². The molecule has 1 aliphatic rings. The van der Waals surface area contributed by atoms with Crippen LogP contribution in [0.2, 0.25) is 0 Å². The highest BCUT2D eigenvalue weighted by Crippen LogP contribution is 2.39. The van der Waals surface area contributed by atoms with E-state index < -0.39 is 0 Å². The third kappa shape index (κ3) is 2.58. The number of aromatic nitrogens is 1. The summed E-state index contributed by atoms with van der Waals surface area (Å²) in [7, 11) is 0. The first kappa shape index (κ1) is 11.5. The van der Waals surface area contributed by atoms with Crippen LogP contribution < -0.4 is 11.3 Å². The first-order chi connectivity index (χ1) is 7.86. The number of hydrogen-bond donors (Lipinski definition) is 2. The van der Waals surface area contributed by atoms with E-state index in [4.69, 9.17) is 10.6 Å². The Morgan fingerprint density at radius 1 is 1.62 bits per heavy atom. The van der Waals surface area contributed by atoms with Crippen LogP contribution >= 0.6 is 0 Å². The van der Waals surface area contributed by atoms with Gasteiger partial charge in [-0.2, -0.15) is 0 Å². The van der Waals surface area contributed by atoms with Gasteiger partial charge in [0, 0.05) is 19.0 Å². The number of rotatable bonds is 6. The van der Waals surface area contributed by atoms with Gasteiger partial charge in [-0.05, 0) is 37.3 Å². The monoisotopic (exact) mass is 221 g/mol. The van der Waals surface area contributed by atoms with Crippen molar-refractivity contribution in [1.82, 2.24) is 10.4 Å². The fourth-order valence-corrected chi connectivity index (χ4v) is 2.06. The lowest BCUT2D eigenvalue weighted by Gasteiger charge is -2.26. The van der Waals surface area contributed by atoms with Gasteiger partial charge in [0.25, 0.3) is 0 Å². The minimum atomic E-state index is 0.0427. The van der Waals surface area contributed by atoms with Crippen LogP contribution in [-0.4, -0.2) is 17.7 Å². The highest BCUT2D eigenvalue weighted by atomic mass is 16.5. The molecule has 2 rings (SSSR count). The summed E-state index contributed by atoms with van der Waals surface area (Å²) < 4.78 is 5.80. The minimum Gasteiger partial charge on any atom is -0.376 e. The molecule has 2 atom stereocenters. The highest BCUT2D eigenvalue weighted by Gasteiger charge is 2.37. The Morgan fingerprint density at radius 2 is 2.44 bits per heavy atom. The summed E-state index contributed by atoms with van der Waals surface area (Å²) in [4.78, 5) is 4.12. The van der Waals surface area contributed by atoms with Crippen molar-refractivity contribution >= 4 is 0 Å². The molecule has 4 nitrogen and oxygen atoms in total. The minimum absolute atomic E-state index is 0.0427. The van der Waals surface area contributed by atoms with Crippen molar-refractivity contribution in [1.29, 1.82) is 0 Å². The number of hydrazine groups is 1. The van der Waals surface area contributed by atoms with Crippen molar-refractivity contribution in [3.05, 3.63) is 30.1 Å².